The molecule has 4 heteroatoms. The highest BCUT2D eigenvalue weighted by Gasteiger charge is 2.00. The van der Waals surface area contributed by atoms with Gasteiger partial charge in [-0.1, -0.05) is 17.5 Å². The highest BCUT2D eigenvalue weighted by atomic mass is 35.5. The first-order chi connectivity index (χ1) is 7.31. The quantitative estimate of drug-likeness (QED) is 0.498. The lowest BCUT2D eigenvalue weighted by Crippen LogP contribution is -1.84. The number of hydrogen-bond acceptors (Lipinski definition) is 3. The fraction of sp³-hybridized carbons (Fsp3) is 0. The third-order valence-electron chi connectivity index (χ3n) is 1.85. The van der Waals surface area contributed by atoms with Crippen molar-refractivity contribution < 1.29 is 0 Å². The molecule has 1 aromatic heterocycles. The van der Waals surface area contributed by atoms with Crippen LogP contribution in [0, 0.1) is 23.2 Å². The van der Waals surface area contributed by atoms with Crippen molar-refractivity contribution in [2.24, 2.45) is 0 Å². The standard InChI is InChI=1S/C11H4ClN3/c12-11-9-6-8(2-1-5-13)3-4-10(9)14-7-15-11/h3-4,6-7H. The van der Waals surface area contributed by atoms with E-state index in [1.165, 1.54) is 6.33 Å². The van der Waals surface area contributed by atoms with Crippen LogP contribution in [0.3, 0.4) is 0 Å². The van der Waals surface area contributed by atoms with Gasteiger partial charge in [-0.25, -0.2) is 9.97 Å². The van der Waals surface area contributed by atoms with E-state index in [1.54, 1.807) is 24.3 Å². The average molecular weight is 214 g/mol. The van der Waals surface area contributed by atoms with Gasteiger partial charge in [-0.2, -0.15) is 5.26 Å². The Morgan fingerprint density at radius 1 is 1.27 bits per heavy atom. The summed E-state index contributed by atoms with van der Waals surface area (Å²) in [4.78, 5) is 7.92. The van der Waals surface area contributed by atoms with Crippen LogP contribution in [0.15, 0.2) is 24.5 Å². The molecule has 0 aliphatic carbocycles. The van der Waals surface area contributed by atoms with Gasteiger partial charge in [0.1, 0.15) is 11.5 Å². The van der Waals surface area contributed by atoms with E-state index in [-0.39, 0.29) is 0 Å². The van der Waals surface area contributed by atoms with E-state index in [0.717, 1.165) is 16.5 Å². The molecule has 0 N–H and O–H groups in total. The molecule has 70 valence electrons. The van der Waals surface area contributed by atoms with Crippen LogP contribution in [-0.2, 0) is 0 Å². The van der Waals surface area contributed by atoms with Gasteiger partial charge in [0.2, 0.25) is 0 Å². The smallest absolute Gasteiger partial charge is 0.152 e. The molecule has 3 nitrogen and oxygen atoms in total. The molecule has 1 aromatic carbocycles. The van der Waals surface area contributed by atoms with E-state index in [0.29, 0.717) is 5.15 Å². The van der Waals surface area contributed by atoms with Crippen molar-refractivity contribution in [2.45, 2.75) is 0 Å². The van der Waals surface area contributed by atoms with Crippen molar-refractivity contribution in [1.82, 2.24) is 9.97 Å². The van der Waals surface area contributed by atoms with E-state index >= 15 is 0 Å². The van der Waals surface area contributed by atoms with E-state index < -0.39 is 0 Å². The molecule has 2 rings (SSSR count). The van der Waals surface area contributed by atoms with Gasteiger partial charge >= 0.3 is 0 Å². The van der Waals surface area contributed by atoms with Crippen LogP contribution in [0.2, 0.25) is 5.15 Å². The lowest BCUT2D eigenvalue weighted by molar-refractivity contribution is 1.22. The number of fused-ring (bicyclic) bond motifs is 1. The Hall–Kier alpha value is -2.10. The Morgan fingerprint density at radius 3 is 2.93 bits per heavy atom. The van der Waals surface area contributed by atoms with Crippen LogP contribution in [0.1, 0.15) is 5.56 Å². The SMILES string of the molecule is N#CC#Cc1ccc2ncnc(Cl)c2c1. The molecule has 0 atom stereocenters. The number of nitrogens with zero attached hydrogens (tertiary/aromatic N) is 3. The lowest BCUT2D eigenvalue weighted by Gasteiger charge is -1.98. The molecular weight excluding hydrogens is 210 g/mol. The zero-order valence-corrected chi connectivity index (χ0v) is 8.28. The van der Waals surface area contributed by atoms with Gasteiger partial charge in [0, 0.05) is 16.9 Å². The van der Waals surface area contributed by atoms with Crippen molar-refractivity contribution in [1.29, 1.82) is 5.26 Å². The molecule has 0 bridgehead atoms. The largest absolute Gasteiger partial charge is 0.236 e. The molecule has 0 fully saturated rings. The van der Waals surface area contributed by atoms with Crippen molar-refractivity contribution in [3.63, 3.8) is 0 Å². The first-order valence-electron chi connectivity index (χ1n) is 4.11. The number of nitriles is 1. The summed E-state index contributed by atoms with van der Waals surface area (Å²) in [7, 11) is 0. The maximum Gasteiger partial charge on any atom is 0.152 e. The van der Waals surface area contributed by atoms with Crippen molar-refractivity contribution in [3.8, 4) is 17.9 Å². The van der Waals surface area contributed by atoms with Crippen molar-refractivity contribution in [3.05, 3.63) is 35.2 Å². The Labute approximate surface area is 91.3 Å². The molecule has 0 saturated carbocycles. The minimum absolute atomic E-state index is 0.389. The molecule has 0 unspecified atom stereocenters. The van der Waals surface area contributed by atoms with Crippen molar-refractivity contribution in [2.75, 3.05) is 0 Å². The summed E-state index contributed by atoms with van der Waals surface area (Å²) in [6.07, 6.45) is 1.41. The van der Waals surface area contributed by atoms with Crippen molar-refractivity contribution >= 4 is 22.5 Å². The fourth-order valence-corrected chi connectivity index (χ4v) is 1.40. The number of halogens is 1. The first-order valence-corrected chi connectivity index (χ1v) is 4.49. The molecular formula is C11H4ClN3. The zero-order chi connectivity index (χ0) is 10.7. The predicted molar refractivity (Wildman–Crippen MR) is 57.0 cm³/mol. The summed E-state index contributed by atoms with van der Waals surface area (Å²) < 4.78 is 0. The maximum absolute atomic E-state index is 8.32. The third-order valence-corrected chi connectivity index (χ3v) is 2.15. The number of benzene rings is 1. The Morgan fingerprint density at radius 2 is 2.13 bits per heavy atom. The second-order valence-electron chi connectivity index (χ2n) is 2.76. The summed E-state index contributed by atoms with van der Waals surface area (Å²) >= 11 is 5.90. The molecule has 0 aliphatic heterocycles. The molecule has 0 saturated heterocycles. The second kappa shape index (κ2) is 3.96. The van der Waals surface area contributed by atoms with E-state index in [9.17, 15) is 0 Å². The van der Waals surface area contributed by atoms with Gasteiger partial charge in [0.25, 0.3) is 0 Å². The van der Waals surface area contributed by atoms with Crippen LogP contribution >= 0.6 is 11.6 Å². The highest BCUT2D eigenvalue weighted by molar-refractivity contribution is 6.34. The molecule has 15 heavy (non-hydrogen) atoms. The van der Waals surface area contributed by atoms with Crippen LogP contribution in [0.4, 0.5) is 0 Å². The van der Waals surface area contributed by atoms with Gasteiger partial charge in [-0.05, 0) is 18.2 Å². The lowest BCUT2D eigenvalue weighted by atomic mass is 10.1. The van der Waals surface area contributed by atoms with Gasteiger partial charge < -0.3 is 0 Å². The number of aromatic nitrogens is 2. The average Bonchev–Trinajstić information content (AvgIpc) is 2.27. The Balaban J connectivity index is 2.66. The number of rotatable bonds is 0. The molecule has 0 aliphatic rings. The summed E-state index contributed by atoms with van der Waals surface area (Å²) in [6, 6.07) is 7.10. The van der Waals surface area contributed by atoms with Crippen LogP contribution in [-0.4, -0.2) is 9.97 Å². The van der Waals surface area contributed by atoms with Gasteiger partial charge in [0.05, 0.1) is 5.52 Å². The van der Waals surface area contributed by atoms with Crippen LogP contribution in [0.5, 0.6) is 0 Å². The third kappa shape index (κ3) is 1.88. The molecule has 0 spiro atoms. The summed E-state index contributed by atoms with van der Waals surface area (Å²) in [5, 5.41) is 9.45. The first kappa shape index (κ1) is 9.45. The topological polar surface area (TPSA) is 49.6 Å². The molecule has 1 heterocycles. The number of hydrogen-bond donors (Lipinski definition) is 0. The Bertz CT molecular complexity index is 617. The normalized spacial score (nSPS) is 9.07. The monoisotopic (exact) mass is 213 g/mol. The van der Waals surface area contributed by atoms with E-state index in [2.05, 4.69) is 21.8 Å². The van der Waals surface area contributed by atoms with Crippen LogP contribution < -0.4 is 0 Å². The van der Waals surface area contributed by atoms with E-state index in [4.69, 9.17) is 16.9 Å². The second-order valence-corrected chi connectivity index (χ2v) is 3.12. The van der Waals surface area contributed by atoms with Gasteiger partial charge in [-0.15, -0.1) is 0 Å². The maximum atomic E-state index is 8.32. The zero-order valence-electron chi connectivity index (χ0n) is 7.53. The highest BCUT2D eigenvalue weighted by Crippen LogP contribution is 2.19. The Kier molecular flexibility index (Phi) is 2.49. The van der Waals surface area contributed by atoms with Gasteiger partial charge in [-0.3, -0.25) is 0 Å². The molecule has 0 amide bonds. The molecule has 0 radical (unpaired) electrons. The summed E-state index contributed by atoms with van der Waals surface area (Å²) in [6.45, 7) is 0. The summed E-state index contributed by atoms with van der Waals surface area (Å²) in [5.74, 6) is 5.01. The minimum atomic E-state index is 0.389. The summed E-state index contributed by atoms with van der Waals surface area (Å²) in [5.41, 5.74) is 1.48. The predicted octanol–water partition coefficient (Wildman–Crippen LogP) is 2.16. The van der Waals surface area contributed by atoms with Gasteiger partial charge in [0.15, 0.2) is 6.07 Å². The van der Waals surface area contributed by atoms with Crippen LogP contribution in [0.25, 0.3) is 10.9 Å². The molecule has 2 aromatic rings. The van der Waals surface area contributed by atoms with E-state index in [1.807, 2.05) is 0 Å². The minimum Gasteiger partial charge on any atom is -0.236 e. The fourth-order valence-electron chi connectivity index (χ4n) is 1.20.